The highest BCUT2D eigenvalue weighted by atomic mass is 16.2. The summed E-state index contributed by atoms with van der Waals surface area (Å²) in [6.45, 7) is 3.01. The first-order valence-electron chi connectivity index (χ1n) is 7.34. The van der Waals surface area contributed by atoms with Crippen molar-refractivity contribution in [2.24, 2.45) is 0 Å². The van der Waals surface area contributed by atoms with Crippen LogP contribution in [0.5, 0.6) is 0 Å². The zero-order valence-corrected chi connectivity index (χ0v) is 12.9. The minimum Gasteiger partial charge on any atom is -0.274 e. The lowest BCUT2D eigenvalue weighted by Gasteiger charge is -1.92. The first-order valence-corrected chi connectivity index (χ1v) is 7.34. The Labute approximate surface area is 133 Å². The molecule has 8 heteroatoms. The summed E-state index contributed by atoms with van der Waals surface area (Å²) >= 11 is 0. The molecule has 0 radical (unpaired) electrons. The summed E-state index contributed by atoms with van der Waals surface area (Å²) < 4.78 is 1.01. The molecule has 122 valence electrons. The van der Waals surface area contributed by atoms with Gasteiger partial charge < -0.3 is 0 Å². The molecule has 0 bridgehead atoms. The molecular formula is C16H12N2O6. The predicted molar refractivity (Wildman–Crippen MR) is 86.7 cm³/mol. The average Bonchev–Trinajstić information content (AvgIpc) is 2.97. The fourth-order valence-electron chi connectivity index (χ4n) is 2.74. The third-order valence-electron chi connectivity index (χ3n) is 4.00. The summed E-state index contributed by atoms with van der Waals surface area (Å²) in [7, 11) is 0. The summed E-state index contributed by atoms with van der Waals surface area (Å²) in [6.07, 6.45) is -0.0797. The van der Waals surface area contributed by atoms with Crippen LogP contribution in [-0.4, -0.2) is 20.9 Å². The second-order valence-electron chi connectivity index (χ2n) is 5.33. The number of nitrogens with zero attached hydrogens (tertiary/aromatic N) is 2. The Morgan fingerprint density at radius 2 is 0.917 bits per heavy atom. The lowest BCUT2D eigenvalue weighted by Crippen LogP contribution is -2.32. The van der Waals surface area contributed by atoms with Crippen LogP contribution in [0.4, 0.5) is 0 Å². The zero-order chi connectivity index (χ0) is 17.8. The van der Waals surface area contributed by atoms with Crippen molar-refractivity contribution < 1.29 is 9.59 Å². The Morgan fingerprint density at radius 1 is 0.667 bits per heavy atom. The standard InChI is InChI=1S/C16H12N2O6/c1-3-11(19)17-13(21)7-5-9-10(6-8(7)14(17)22)16(24)18(15(9)23)12(20)4-2/h5-6H,3-4H2,1-2H3. The van der Waals surface area contributed by atoms with Gasteiger partial charge in [0, 0.05) is 12.8 Å². The second-order valence-corrected chi connectivity index (χ2v) is 5.33. The van der Waals surface area contributed by atoms with Crippen molar-refractivity contribution in [3.63, 3.8) is 0 Å². The largest absolute Gasteiger partial charge is 0.274 e. The van der Waals surface area contributed by atoms with Crippen LogP contribution in [0.3, 0.4) is 0 Å². The van der Waals surface area contributed by atoms with E-state index in [0.717, 1.165) is 12.1 Å². The van der Waals surface area contributed by atoms with E-state index in [1.54, 1.807) is 0 Å². The molecule has 0 aliphatic carbocycles. The molecule has 3 aromatic rings. The zero-order valence-electron chi connectivity index (χ0n) is 12.9. The van der Waals surface area contributed by atoms with Crippen LogP contribution < -0.4 is 22.2 Å². The van der Waals surface area contributed by atoms with Crippen molar-refractivity contribution in [1.29, 1.82) is 0 Å². The molecule has 8 nitrogen and oxygen atoms in total. The normalized spacial score (nSPS) is 11.4. The van der Waals surface area contributed by atoms with Gasteiger partial charge in [0.1, 0.15) is 0 Å². The Balaban J connectivity index is 2.52. The summed E-state index contributed by atoms with van der Waals surface area (Å²) in [5.41, 5.74) is -3.31. The molecule has 0 saturated carbocycles. The Kier molecular flexibility index (Phi) is 3.40. The van der Waals surface area contributed by atoms with Crippen molar-refractivity contribution in [2.75, 3.05) is 0 Å². The average molecular weight is 328 g/mol. The summed E-state index contributed by atoms with van der Waals surface area (Å²) in [5.74, 6) is -1.33. The molecule has 1 aromatic carbocycles. The van der Waals surface area contributed by atoms with Crippen molar-refractivity contribution >= 4 is 33.4 Å². The molecule has 0 N–H and O–H groups in total. The van der Waals surface area contributed by atoms with E-state index in [4.69, 9.17) is 0 Å². The topological polar surface area (TPSA) is 112 Å². The molecule has 3 rings (SSSR count). The molecule has 0 amide bonds. The molecule has 0 aliphatic rings. The molecule has 0 saturated heterocycles. The van der Waals surface area contributed by atoms with E-state index in [9.17, 15) is 28.8 Å². The molecule has 0 spiro atoms. The second kappa shape index (κ2) is 5.19. The molecule has 2 aromatic heterocycles. The van der Waals surface area contributed by atoms with Crippen LogP contribution in [0, 0.1) is 0 Å². The van der Waals surface area contributed by atoms with Gasteiger partial charge in [0.2, 0.25) is 11.8 Å². The van der Waals surface area contributed by atoms with Crippen molar-refractivity contribution in [2.45, 2.75) is 26.7 Å². The van der Waals surface area contributed by atoms with Crippen LogP contribution in [0.25, 0.3) is 21.5 Å². The minimum atomic E-state index is -0.829. The Hall–Kier alpha value is -3.16. The fourth-order valence-corrected chi connectivity index (χ4v) is 2.74. The highest BCUT2D eigenvalue weighted by Gasteiger charge is 2.22. The lowest BCUT2D eigenvalue weighted by atomic mass is 10.1. The van der Waals surface area contributed by atoms with E-state index < -0.39 is 34.1 Å². The van der Waals surface area contributed by atoms with Gasteiger partial charge in [0.05, 0.1) is 21.5 Å². The summed E-state index contributed by atoms with van der Waals surface area (Å²) in [4.78, 5) is 72.6. The highest BCUT2D eigenvalue weighted by molar-refractivity contribution is 6.00. The summed E-state index contributed by atoms with van der Waals surface area (Å²) in [5, 5.41) is -0.472. The molecule has 0 atom stereocenters. The first-order chi connectivity index (χ1) is 11.3. The first kappa shape index (κ1) is 15.7. The number of rotatable bonds is 2. The van der Waals surface area contributed by atoms with Crippen molar-refractivity contribution in [3.05, 3.63) is 53.5 Å². The van der Waals surface area contributed by atoms with Crippen molar-refractivity contribution in [3.8, 4) is 0 Å². The van der Waals surface area contributed by atoms with Gasteiger partial charge in [0.25, 0.3) is 22.2 Å². The molecule has 2 heterocycles. The molecule has 0 aliphatic heterocycles. The smallest absolute Gasteiger partial charge is 0.268 e. The predicted octanol–water partition coefficient (Wildman–Crippen LogP) is 0.0128. The van der Waals surface area contributed by atoms with E-state index in [0.29, 0.717) is 9.13 Å². The summed E-state index contributed by atoms with van der Waals surface area (Å²) in [6, 6.07) is 2.22. The van der Waals surface area contributed by atoms with Gasteiger partial charge in [-0.1, -0.05) is 13.8 Å². The molecule has 0 fully saturated rings. The van der Waals surface area contributed by atoms with Gasteiger partial charge in [-0.05, 0) is 12.1 Å². The van der Waals surface area contributed by atoms with Gasteiger partial charge in [-0.25, -0.2) is 9.13 Å². The number of benzene rings is 1. The highest BCUT2D eigenvalue weighted by Crippen LogP contribution is 2.14. The molecule has 0 unspecified atom stereocenters. The van der Waals surface area contributed by atoms with Crippen LogP contribution in [0.2, 0.25) is 0 Å². The van der Waals surface area contributed by atoms with Crippen LogP contribution >= 0.6 is 0 Å². The van der Waals surface area contributed by atoms with E-state index in [1.807, 2.05) is 0 Å². The van der Waals surface area contributed by atoms with E-state index in [2.05, 4.69) is 0 Å². The van der Waals surface area contributed by atoms with Gasteiger partial charge >= 0.3 is 0 Å². The molecule has 24 heavy (non-hydrogen) atoms. The lowest BCUT2D eigenvalue weighted by molar-refractivity contribution is 0.0894. The Bertz CT molecular complexity index is 1060. The quantitative estimate of drug-likeness (QED) is 0.655. The number of hydrogen-bond acceptors (Lipinski definition) is 6. The maximum atomic E-state index is 12.3. The molecular weight excluding hydrogens is 316 g/mol. The third kappa shape index (κ3) is 1.86. The third-order valence-corrected chi connectivity index (χ3v) is 4.00. The number of carbonyl (C=O) groups is 2. The fraction of sp³-hybridized carbons (Fsp3) is 0.250. The Morgan fingerprint density at radius 3 is 1.12 bits per heavy atom. The maximum absolute atomic E-state index is 12.3. The van der Waals surface area contributed by atoms with Crippen LogP contribution in [0.15, 0.2) is 31.3 Å². The maximum Gasteiger partial charge on any atom is 0.268 e. The van der Waals surface area contributed by atoms with Crippen molar-refractivity contribution in [1.82, 2.24) is 9.13 Å². The van der Waals surface area contributed by atoms with Gasteiger partial charge in [-0.2, -0.15) is 0 Å². The van der Waals surface area contributed by atoms with E-state index >= 15 is 0 Å². The van der Waals surface area contributed by atoms with Crippen LogP contribution in [0.1, 0.15) is 36.3 Å². The SMILES string of the molecule is CCC(=O)n1c(=O)c2cc3c(=O)n(C(=O)CC)c(=O)c3cc2c1=O. The van der Waals surface area contributed by atoms with E-state index in [-0.39, 0.29) is 34.4 Å². The van der Waals surface area contributed by atoms with Crippen LogP contribution in [-0.2, 0) is 0 Å². The van der Waals surface area contributed by atoms with Gasteiger partial charge in [-0.3, -0.25) is 28.8 Å². The van der Waals surface area contributed by atoms with Gasteiger partial charge in [0.15, 0.2) is 0 Å². The monoisotopic (exact) mass is 328 g/mol. The van der Waals surface area contributed by atoms with E-state index in [1.165, 1.54) is 13.8 Å². The number of fused-ring (bicyclic) bond motifs is 2. The van der Waals surface area contributed by atoms with Gasteiger partial charge in [-0.15, -0.1) is 0 Å². The number of carbonyl (C=O) groups excluding carboxylic acids is 2. The number of aromatic nitrogens is 2. The number of hydrogen-bond donors (Lipinski definition) is 0. The minimum absolute atomic E-state index is 0.0399.